The largest absolute Gasteiger partial charge is 0.490 e. The van der Waals surface area contributed by atoms with E-state index in [2.05, 4.69) is 0 Å². The van der Waals surface area contributed by atoms with Gasteiger partial charge in [0.25, 0.3) is 0 Å². The summed E-state index contributed by atoms with van der Waals surface area (Å²) in [5.41, 5.74) is 1.18. The Hall–Kier alpha value is -2.28. The lowest BCUT2D eigenvalue weighted by Gasteiger charge is -2.51. The van der Waals surface area contributed by atoms with Crippen molar-refractivity contribution in [2.24, 2.45) is 17.8 Å². The first-order valence-electron chi connectivity index (χ1n) is 8.93. The Bertz CT molecular complexity index is 835. The van der Waals surface area contributed by atoms with Gasteiger partial charge in [0.05, 0.1) is 11.8 Å². The summed E-state index contributed by atoms with van der Waals surface area (Å²) in [5.74, 6) is -3.09. The predicted molar refractivity (Wildman–Crippen MR) is 95.3 cm³/mol. The number of rotatable bonds is 5. The van der Waals surface area contributed by atoms with E-state index in [1.807, 2.05) is 30.3 Å². The van der Waals surface area contributed by atoms with E-state index >= 15 is 0 Å². The van der Waals surface area contributed by atoms with Crippen molar-refractivity contribution in [1.82, 2.24) is 0 Å². The number of aliphatic hydroxyl groups is 1. The van der Waals surface area contributed by atoms with E-state index in [-0.39, 0.29) is 17.5 Å². The van der Waals surface area contributed by atoms with E-state index in [1.54, 1.807) is 12.2 Å². The fourth-order valence-corrected chi connectivity index (χ4v) is 4.63. The molecule has 1 aromatic carbocycles. The van der Waals surface area contributed by atoms with E-state index in [0.29, 0.717) is 16.9 Å². The van der Waals surface area contributed by atoms with Crippen LogP contribution in [-0.2, 0) is 23.8 Å². The summed E-state index contributed by atoms with van der Waals surface area (Å²) in [6.45, 7) is 1.46. The highest BCUT2D eigenvalue weighted by Crippen LogP contribution is 2.55. The van der Waals surface area contributed by atoms with Gasteiger partial charge < -0.3 is 19.3 Å². The predicted octanol–water partition coefficient (Wildman–Crippen LogP) is 1.95. The van der Waals surface area contributed by atoms with Gasteiger partial charge in [-0.15, -0.1) is 0 Å². The minimum Gasteiger partial charge on any atom is -0.490 e. The molecule has 2 bridgehead atoms. The zero-order valence-electron chi connectivity index (χ0n) is 15.4. The number of allylic oxidation sites excluding steroid dienone is 1. The Balaban J connectivity index is 1.74. The first-order chi connectivity index (χ1) is 12.9. The van der Waals surface area contributed by atoms with Gasteiger partial charge in [-0.1, -0.05) is 36.4 Å². The zero-order valence-corrected chi connectivity index (χ0v) is 15.4. The molecule has 1 aliphatic heterocycles. The number of carbonyl (C=O) groups is 2. The minimum atomic E-state index is -1.55. The molecule has 142 valence electrons. The first-order valence-corrected chi connectivity index (χ1v) is 8.93. The Morgan fingerprint density at radius 1 is 1.19 bits per heavy atom. The van der Waals surface area contributed by atoms with Crippen molar-refractivity contribution >= 4 is 11.6 Å². The summed E-state index contributed by atoms with van der Waals surface area (Å²) in [4.78, 5) is 25.3. The average Bonchev–Trinajstić information content (AvgIpc) is 3.14. The van der Waals surface area contributed by atoms with Crippen LogP contribution in [0.15, 0.2) is 53.8 Å². The van der Waals surface area contributed by atoms with Gasteiger partial charge in [0.2, 0.25) is 5.79 Å². The van der Waals surface area contributed by atoms with Gasteiger partial charge in [0.15, 0.2) is 11.6 Å². The second-order valence-corrected chi connectivity index (χ2v) is 7.16. The number of hydrogen-bond acceptors (Lipinski definition) is 6. The molecule has 1 saturated carbocycles. The van der Waals surface area contributed by atoms with Gasteiger partial charge in [-0.3, -0.25) is 9.59 Å². The summed E-state index contributed by atoms with van der Waals surface area (Å²) in [6.07, 6.45) is 2.07. The molecule has 1 aromatic rings. The van der Waals surface area contributed by atoms with Crippen LogP contribution >= 0.6 is 0 Å². The van der Waals surface area contributed by atoms with Crippen LogP contribution in [-0.4, -0.2) is 42.8 Å². The van der Waals surface area contributed by atoms with E-state index in [0.717, 1.165) is 0 Å². The minimum absolute atomic E-state index is 0.143. The molecule has 1 N–H and O–H groups in total. The molecule has 0 spiro atoms. The lowest BCUT2D eigenvalue weighted by Crippen LogP contribution is -2.66. The lowest BCUT2D eigenvalue weighted by atomic mass is 9.59. The van der Waals surface area contributed by atoms with Crippen LogP contribution in [0.5, 0.6) is 0 Å². The maximum Gasteiger partial charge on any atom is 0.239 e. The molecular formula is C21H22O6. The molecule has 0 saturated heterocycles. The van der Waals surface area contributed by atoms with Crippen molar-refractivity contribution in [2.75, 3.05) is 14.2 Å². The number of fused-ring (bicyclic) bond motifs is 1. The Kier molecular flexibility index (Phi) is 4.29. The molecule has 5 atom stereocenters. The second kappa shape index (κ2) is 6.41. The third-order valence-electron chi connectivity index (χ3n) is 5.90. The summed E-state index contributed by atoms with van der Waals surface area (Å²) in [5, 5.41) is 10.7. The van der Waals surface area contributed by atoms with Crippen LogP contribution in [0.25, 0.3) is 0 Å². The Labute approximate surface area is 157 Å². The molecule has 5 rings (SSSR count). The van der Waals surface area contributed by atoms with Gasteiger partial charge in [-0.2, -0.15) is 0 Å². The highest BCUT2D eigenvalue weighted by Gasteiger charge is 2.66. The molecule has 0 aromatic heterocycles. The topological polar surface area (TPSA) is 82.1 Å². The van der Waals surface area contributed by atoms with E-state index < -0.39 is 29.8 Å². The SMILES string of the molecule is COC1(OC)C(=O)[C@H]2C=C(C(C)=O)[C@@H]1[C@@H]1OC([C@H](O)c3ccccc3)=C[C@@H]12. The van der Waals surface area contributed by atoms with Crippen molar-refractivity contribution in [1.29, 1.82) is 0 Å². The number of aliphatic hydroxyl groups excluding tert-OH is 1. The van der Waals surface area contributed by atoms with Gasteiger partial charge in [-0.25, -0.2) is 0 Å². The van der Waals surface area contributed by atoms with Crippen molar-refractivity contribution < 1.29 is 28.9 Å². The van der Waals surface area contributed by atoms with Gasteiger partial charge in [0.1, 0.15) is 18.0 Å². The molecular weight excluding hydrogens is 348 g/mol. The highest BCUT2D eigenvalue weighted by atomic mass is 16.7. The van der Waals surface area contributed by atoms with E-state index in [9.17, 15) is 14.7 Å². The summed E-state index contributed by atoms with van der Waals surface area (Å²) >= 11 is 0. The standard InChI is InChI=1S/C21H22O6/c1-11(22)13-9-15-14-10-16(18(23)12-7-5-4-6-8-12)27-19(14)17(13)21(25-2,26-3)20(15)24/h4-10,14-15,17-19,23H,1-3H3/t14-,15+,17-,18-,19-/m1/s1. The third-order valence-corrected chi connectivity index (χ3v) is 5.90. The first kappa shape index (κ1) is 18.1. The van der Waals surface area contributed by atoms with Crippen LogP contribution in [0.2, 0.25) is 0 Å². The molecule has 4 aliphatic rings. The number of carbonyl (C=O) groups excluding carboxylic acids is 2. The summed E-state index contributed by atoms with van der Waals surface area (Å²) in [7, 11) is 2.80. The third kappa shape index (κ3) is 2.44. The van der Waals surface area contributed by atoms with Crippen LogP contribution in [0.3, 0.4) is 0 Å². The van der Waals surface area contributed by atoms with E-state index in [1.165, 1.54) is 21.1 Å². The number of benzene rings is 1. The molecule has 3 aliphatic carbocycles. The molecule has 1 heterocycles. The molecule has 0 radical (unpaired) electrons. The number of hydrogen-bond donors (Lipinski definition) is 1. The van der Waals surface area contributed by atoms with Crippen molar-refractivity contribution in [3.8, 4) is 0 Å². The molecule has 6 nitrogen and oxygen atoms in total. The number of Topliss-reactive ketones (excluding diaryl/α,β-unsaturated/α-hetero) is 2. The van der Waals surface area contributed by atoms with Gasteiger partial charge >= 0.3 is 0 Å². The number of ketones is 2. The number of ether oxygens (including phenoxy) is 3. The van der Waals surface area contributed by atoms with Crippen molar-refractivity contribution in [3.63, 3.8) is 0 Å². The smallest absolute Gasteiger partial charge is 0.239 e. The maximum absolute atomic E-state index is 13.1. The van der Waals surface area contributed by atoms with Crippen molar-refractivity contribution in [3.05, 3.63) is 59.4 Å². The highest BCUT2D eigenvalue weighted by molar-refractivity contribution is 6.02. The molecule has 27 heavy (non-hydrogen) atoms. The fourth-order valence-electron chi connectivity index (χ4n) is 4.63. The van der Waals surface area contributed by atoms with Crippen LogP contribution in [0, 0.1) is 17.8 Å². The normalized spacial score (nSPS) is 31.6. The summed E-state index contributed by atoms with van der Waals surface area (Å²) < 4.78 is 17.1. The Morgan fingerprint density at radius 2 is 1.85 bits per heavy atom. The lowest BCUT2D eigenvalue weighted by molar-refractivity contribution is -0.256. The Morgan fingerprint density at radius 3 is 2.44 bits per heavy atom. The van der Waals surface area contributed by atoms with Crippen LogP contribution in [0.4, 0.5) is 0 Å². The van der Waals surface area contributed by atoms with E-state index in [4.69, 9.17) is 14.2 Å². The second-order valence-electron chi connectivity index (χ2n) is 7.16. The fraction of sp³-hybridized carbons (Fsp3) is 0.429. The van der Waals surface area contributed by atoms with Gasteiger partial charge in [-0.05, 0) is 18.6 Å². The monoisotopic (exact) mass is 370 g/mol. The number of methoxy groups -OCH3 is 2. The van der Waals surface area contributed by atoms with Crippen molar-refractivity contribution in [2.45, 2.75) is 24.9 Å². The average molecular weight is 370 g/mol. The molecule has 0 amide bonds. The molecule has 0 unspecified atom stereocenters. The van der Waals surface area contributed by atoms with Crippen LogP contribution < -0.4 is 0 Å². The summed E-state index contributed by atoms with van der Waals surface area (Å²) in [6, 6.07) is 9.16. The van der Waals surface area contributed by atoms with Crippen LogP contribution in [0.1, 0.15) is 18.6 Å². The molecule has 1 fully saturated rings. The maximum atomic E-state index is 13.1. The quantitative estimate of drug-likeness (QED) is 0.798. The molecule has 6 heteroatoms. The zero-order chi connectivity index (χ0) is 19.3. The van der Waals surface area contributed by atoms with Gasteiger partial charge in [0, 0.05) is 25.7 Å².